The standard InChI is InChI=1S/C15H12N2O2S2/c1-19-14(18)9-5-4-8-12(13(9)16)21-15-17-10-6-2-3-7-11(10)20-15/h2-8H,16H2,1H3. The van der Waals surface area contributed by atoms with Crippen molar-refractivity contribution in [2.24, 2.45) is 0 Å². The van der Waals surface area contributed by atoms with Crippen LogP contribution in [0.2, 0.25) is 0 Å². The Morgan fingerprint density at radius 3 is 2.81 bits per heavy atom. The number of nitrogen functional groups attached to an aromatic ring is 1. The van der Waals surface area contributed by atoms with Crippen molar-refractivity contribution in [2.45, 2.75) is 9.24 Å². The number of anilines is 1. The van der Waals surface area contributed by atoms with E-state index in [1.807, 2.05) is 30.3 Å². The van der Waals surface area contributed by atoms with E-state index in [2.05, 4.69) is 4.98 Å². The van der Waals surface area contributed by atoms with E-state index in [4.69, 9.17) is 10.5 Å². The average molecular weight is 316 g/mol. The molecule has 0 atom stereocenters. The van der Waals surface area contributed by atoms with Gasteiger partial charge in [-0.1, -0.05) is 30.0 Å². The molecule has 0 aliphatic carbocycles. The second-order valence-electron chi connectivity index (χ2n) is 4.26. The van der Waals surface area contributed by atoms with Crippen LogP contribution < -0.4 is 5.73 Å². The molecule has 2 aromatic carbocycles. The first-order valence-electron chi connectivity index (χ1n) is 6.19. The molecule has 2 N–H and O–H groups in total. The van der Waals surface area contributed by atoms with Gasteiger partial charge in [0.25, 0.3) is 0 Å². The number of benzene rings is 2. The van der Waals surface area contributed by atoms with E-state index >= 15 is 0 Å². The molecule has 21 heavy (non-hydrogen) atoms. The number of methoxy groups -OCH3 is 1. The van der Waals surface area contributed by atoms with Crippen molar-refractivity contribution in [3.05, 3.63) is 48.0 Å². The van der Waals surface area contributed by atoms with E-state index in [0.717, 1.165) is 19.5 Å². The lowest BCUT2D eigenvalue weighted by molar-refractivity contribution is 0.0601. The van der Waals surface area contributed by atoms with Crippen molar-refractivity contribution >= 4 is 45.0 Å². The number of carbonyl (C=O) groups is 1. The molecule has 0 aliphatic heterocycles. The van der Waals surface area contributed by atoms with Gasteiger partial charge in [-0.2, -0.15) is 0 Å². The molecule has 3 rings (SSSR count). The molecular formula is C15H12N2O2S2. The SMILES string of the molecule is COC(=O)c1cccc(Sc2nc3ccccc3s2)c1N. The van der Waals surface area contributed by atoms with Gasteiger partial charge in [-0.3, -0.25) is 0 Å². The minimum atomic E-state index is -0.431. The first-order chi connectivity index (χ1) is 10.2. The maximum Gasteiger partial charge on any atom is 0.339 e. The fourth-order valence-electron chi connectivity index (χ4n) is 1.91. The topological polar surface area (TPSA) is 65.2 Å². The van der Waals surface area contributed by atoms with Crippen LogP contribution in [0.15, 0.2) is 51.7 Å². The fraction of sp³-hybridized carbons (Fsp3) is 0.0667. The van der Waals surface area contributed by atoms with Crippen LogP contribution >= 0.6 is 23.1 Å². The highest BCUT2D eigenvalue weighted by Gasteiger charge is 2.14. The van der Waals surface area contributed by atoms with Gasteiger partial charge in [-0.25, -0.2) is 9.78 Å². The number of fused-ring (bicyclic) bond motifs is 1. The molecule has 0 amide bonds. The largest absolute Gasteiger partial charge is 0.465 e. The van der Waals surface area contributed by atoms with Crippen LogP contribution in [0.3, 0.4) is 0 Å². The molecule has 1 aromatic heterocycles. The number of carbonyl (C=O) groups excluding carboxylic acids is 1. The molecule has 1 heterocycles. The molecule has 0 aliphatic rings. The summed E-state index contributed by atoms with van der Waals surface area (Å²) < 4.78 is 6.75. The van der Waals surface area contributed by atoms with Gasteiger partial charge in [0.1, 0.15) is 0 Å². The maximum absolute atomic E-state index is 11.7. The van der Waals surface area contributed by atoms with Crippen LogP contribution in [0.1, 0.15) is 10.4 Å². The summed E-state index contributed by atoms with van der Waals surface area (Å²) in [4.78, 5) is 17.0. The minimum Gasteiger partial charge on any atom is -0.465 e. The van der Waals surface area contributed by atoms with Crippen molar-refractivity contribution in [3.63, 3.8) is 0 Å². The van der Waals surface area contributed by atoms with Gasteiger partial charge in [-0.05, 0) is 24.3 Å². The Morgan fingerprint density at radius 1 is 1.24 bits per heavy atom. The zero-order valence-electron chi connectivity index (χ0n) is 11.2. The van der Waals surface area contributed by atoms with Crippen molar-refractivity contribution in [3.8, 4) is 0 Å². The number of aromatic nitrogens is 1. The number of esters is 1. The Morgan fingerprint density at radius 2 is 2.05 bits per heavy atom. The lowest BCUT2D eigenvalue weighted by Gasteiger charge is -2.07. The van der Waals surface area contributed by atoms with Gasteiger partial charge in [-0.15, -0.1) is 11.3 Å². The Balaban J connectivity index is 1.96. The first kappa shape index (κ1) is 13.9. The number of rotatable bonds is 3. The normalized spacial score (nSPS) is 10.7. The monoisotopic (exact) mass is 316 g/mol. The van der Waals surface area contributed by atoms with Crippen LogP contribution in [-0.2, 0) is 4.74 Å². The smallest absolute Gasteiger partial charge is 0.339 e. The third-order valence-electron chi connectivity index (χ3n) is 2.94. The van der Waals surface area contributed by atoms with Crippen molar-refractivity contribution in [2.75, 3.05) is 12.8 Å². The second kappa shape index (κ2) is 5.75. The summed E-state index contributed by atoms with van der Waals surface area (Å²) in [6, 6.07) is 13.3. The molecular weight excluding hydrogens is 304 g/mol. The number of nitrogens with two attached hydrogens (primary N) is 1. The number of hydrogen-bond acceptors (Lipinski definition) is 6. The fourth-order valence-corrected chi connectivity index (χ4v) is 4.01. The van der Waals surface area contributed by atoms with Crippen molar-refractivity contribution in [1.82, 2.24) is 4.98 Å². The number of nitrogens with zero attached hydrogens (tertiary/aromatic N) is 1. The minimum absolute atomic E-state index is 0.378. The molecule has 0 fully saturated rings. The number of para-hydroxylation sites is 2. The van der Waals surface area contributed by atoms with E-state index < -0.39 is 5.97 Å². The molecule has 3 aromatic rings. The lowest BCUT2D eigenvalue weighted by Crippen LogP contribution is -2.06. The van der Waals surface area contributed by atoms with E-state index in [0.29, 0.717) is 11.3 Å². The molecule has 0 saturated carbocycles. The maximum atomic E-state index is 11.7. The highest BCUT2D eigenvalue weighted by atomic mass is 32.2. The molecule has 6 heteroatoms. The summed E-state index contributed by atoms with van der Waals surface area (Å²) in [5.74, 6) is -0.431. The third-order valence-corrected chi connectivity index (χ3v) is 5.12. The Hall–Kier alpha value is -2.05. The van der Waals surface area contributed by atoms with Crippen LogP contribution in [0, 0.1) is 0 Å². The number of thiazole rings is 1. The summed E-state index contributed by atoms with van der Waals surface area (Å²) in [7, 11) is 1.34. The van der Waals surface area contributed by atoms with Gasteiger partial charge in [0.2, 0.25) is 0 Å². The zero-order valence-corrected chi connectivity index (χ0v) is 12.8. The van der Waals surface area contributed by atoms with Gasteiger partial charge >= 0.3 is 5.97 Å². The predicted octanol–water partition coefficient (Wildman–Crippen LogP) is 3.82. The van der Waals surface area contributed by atoms with E-state index in [-0.39, 0.29) is 0 Å². The summed E-state index contributed by atoms with van der Waals surface area (Å²) in [6.45, 7) is 0. The zero-order chi connectivity index (χ0) is 14.8. The Bertz CT molecular complexity index is 781. The lowest BCUT2D eigenvalue weighted by atomic mass is 10.2. The summed E-state index contributed by atoms with van der Waals surface area (Å²) in [5.41, 5.74) is 7.83. The summed E-state index contributed by atoms with van der Waals surface area (Å²) in [6.07, 6.45) is 0. The van der Waals surface area contributed by atoms with Gasteiger partial charge in [0.05, 0.1) is 28.6 Å². The summed E-state index contributed by atoms with van der Waals surface area (Å²) >= 11 is 3.06. The first-order valence-corrected chi connectivity index (χ1v) is 7.82. The van der Waals surface area contributed by atoms with Gasteiger partial charge in [0.15, 0.2) is 4.34 Å². The molecule has 0 spiro atoms. The molecule has 0 saturated heterocycles. The Labute approximate surface area is 129 Å². The quantitative estimate of drug-likeness (QED) is 0.588. The van der Waals surface area contributed by atoms with Crippen LogP contribution in [0.25, 0.3) is 10.2 Å². The highest BCUT2D eigenvalue weighted by Crippen LogP contribution is 2.37. The van der Waals surface area contributed by atoms with Crippen LogP contribution in [0.4, 0.5) is 5.69 Å². The van der Waals surface area contributed by atoms with Crippen molar-refractivity contribution < 1.29 is 9.53 Å². The second-order valence-corrected chi connectivity index (χ2v) is 6.58. The van der Waals surface area contributed by atoms with E-state index in [1.165, 1.54) is 18.9 Å². The molecule has 0 bridgehead atoms. The number of hydrogen-bond donors (Lipinski definition) is 1. The van der Waals surface area contributed by atoms with E-state index in [9.17, 15) is 4.79 Å². The highest BCUT2D eigenvalue weighted by molar-refractivity contribution is 8.01. The number of ether oxygens (including phenoxy) is 1. The molecule has 0 unspecified atom stereocenters. The van der Waals surface area contributed by atoms with E-state index in [1.54, 1.807) is 23.5 Å². The third kappa shape index (κ3) is 2.72. The van der Waals surface area contributed by atoms with Crippen LogP contribution in [0.5, 0.6) is 0 Å². The predicted molar refractivity (Wildman–Crippen MR) is 85.9 cm³/mol. The van der Waals surface area contributed by atoms with Gasteiger partial charge in [0, 0.05) is 4.90 Å². The Kier molecular flexibility index (Phi) is 3.81. The summed E-state index contributed by atoms with van der Waals surface area (Å²) in [5, 5.41) is 0. The molecule has 4 nitrogen and oxygen atoms in total. The van der Waals surface area contributed by atoms with Gasteiger partial charge < -0.3 is 10.5 Å². The molecule has 106 valence electrons. The average Bonchev–Trinajstić information content (AvgIpc) is 2.91. The molecule has 0 radical (unpaired) electrons. The van der Waals surface area contributed by atoms with Crippen LogP contribution in [-0.4, -0.2) is 18.1 Å². The van der Waals surface area contributed by atoms with Crippen molar-refractivity contribution in [1.29, 1.82) is 0 Å².